The van der Waals surface area contributed by atoms with Gasteiger partial charge in [0.15, 0.2) is 5.82 Å². The molecule has 0 spiro atoms. The van der Waals surface area contributed by atoms with E-state index in [-0.39, 0.29) is 5.82 Å². The lowest BCUT2D eigenvalue weighted by molar-refractivity contribution is 0.637. The van der Waals surface area contributed by atoms with Crippen LogP contribution < -0.4 is 0 Å². The lowest BCUT2D eigenvalue weighted by atomic mass is 10.3. The van der Waals surface area contributed by atoms with Crippen LogP contribution in [-0.4, -0.2) is 24.7 Å². The third-order valence-corrected chi connectivity index (χ3v) is 4.14. The van der Waals surface area contributed by atoms with Gasteiger partial charge in [0.2, 0.25) is 5.16 Å². The van der Waals surface area contributed by atoms with Crippen molar-refractivity contribution in [2.45, 2.75) is 37.7 Å². The summed E-state index contributed by atoms with van der Waals surface area (Å²) in [6.07, 6.45) is 0.826. The first-order valence-corrected chi connectivity index (χ1v) is 7.89. The number of halogens is 1. The predicted octanol–water partition coefficient (Wildman–Crippen LogP) is 3.17. The smallest absolute Gasteiger partial charge is 0.208 e. The van der Waals surface area contributed by atoms with Gasteiger partial charge in [-0.3, -0.25) is 5.10 Å². The van der Waals surface area contributed by atoms with Gasteiger partial charge in [0.25, 0.3) is 0 Å². The fourth-order valence-corrected chi connectivity index (χ4v) is 3.02. The number of fused-ring (bicyclic) bond motifs is 1. The molecule has 2 heterocycles. The average molecular weight is 305 g/mol. The molecule has 3 rings (SSSR count). The quantitative estimate of drug-likeness (QED) is 0.736. The third-order valence-electron chi connectivity index (χ3n) is 3.30. The van der Waals surface area contributed by atoms with E-state index in [0.717, 1.165) is 30.1 Å². The Morgan fingerprint density at radius 3 is 2.86 bits per heavy atom. The lowest BCUT2D eigenvalue weighted by Crippen LogP contribution is -2.00. The number of nitrogens with zero attached hydrogens (tertiary/aromatic N) is 4. The molecule has 0 aliphatic rings. The zero-order chi connectivity index (χ0) is 14.8. The zero-order valence-electron chi connectivity index (χ0n) is 11.9. The fourth-order valence-electron chi connectivity index (χ4n) is 2.25. The topological polar surface area (TPSA) is 59.4 Å². The highest BCUT2D eigenvalue weighted by molar-refractivity contribution is 7.98. The van der Waals surface area contributed by atoms with Crippen molar-refractivity contribution >= 4 is 22.8 Å². The number of para-hydroxylation sites is 1. The van der Waals surface area contributed by atoms with Gasteiger partial charge in [-0.15, -0.1) is 5.10 Å². The summed E-state index contributed by atoms with van der Waals surface area (Å²) >= 11 is 1.50. The van der Waals surface area contributed by atoms with Gasteiger partial charge in [0, 0.05) is 13.0 Å². The molecule has 5 nitrogen and oxygen atoms in total. The van der Waals surface area contributed by atoms with Crippen molar-refractivity contribution in [2.75, 3.05) is 0 Å². The molecule has 0 fully saturated rings. The number of imidazole rings is 1. The number of H-pyrrole nitrogens is 1. The number of hydrogen-bond acceptors (Lipinski definition) is 4. The largest absolute Gasteiger partial charge is 0.327 e. The summed E-state index contributed by atoms with van der Waals surface area (Å²) in [6, 6.07) is 5.05. The summed E-state index contributed by atoms with van der Waals surface area (Å²) in [4.78, 5) is 8.78. The first-order chi connectivity index (χ1) is 10.2. The molecule has 0 aliphatic heterocycles. The maximum Gasteiger partial charge on any atom is 0.208 e. The van der Waals surface area contributed by atoms with Gasteiger partial charge >= 0.3 is 0 Å². The molecule has 0 saturated carbocycles. The van der Waals surface area contributed by atoms with E-state index < -0.39 is 0 Å². The zero-order valence-corrected chi connectivity index (χ0v) is 12.7. The second-order valence-corrected chi connectivity index (χ2v) is 5.53. The van der Waals surface area contributed by atoms with Gasteiger partial charge < -0.3 is 4.57 Å². The van der Waals surface area contributed by atoms with Gasteiger partial charge in [-0.1, -0.05) is 24.8 Å². The number of aromatic nitrogens is 5. The summed E-state index contributed by atoms with van der Waals surface area (Å²) in [5.74, 6) is 2.04. The van der Waals surface area contributed by atoms with E-state index in [1.165, 1.54) is 17.8 Å². The first-order valence-electron chi connectivity index (χ1n) is 6.90. The second-order valence-electron chi connectivity index (χ2n) is 4.59. The molecule has 0 amide bonds. The highest BCUT2D eigenvalue weighted by Gasteiger charge is 2.13. The van der Waals surface area contributed by atoms with Crippen LogP contribution in [0.4, 0.5) is 4.39 Å². The molecular formula is C14H16FN5S. The number of aromatic amines is 1. The number of nitrogens with one attached hydrogen (secondary N) is 1. The van der Waals surface area contributed by atoms with Crippen molar-refractivity contribution in [2.24, 2.45) is 0 Å². The van der Waals surface area contributed by atoms with Gasteiger partial charge in [0.05, 0.1) is 11.3 Å². The highest BCUT2D eigenvalue weighted by atomic mass is 32.2. The van der Waals surface area contributed by atoms with Crippen LogP contribution in [0.15, 0.2) is 23.4 Å². The number of aryl methyl sites for hydroxylation is 2. The van der Waals surface area contributed by atoms with Crippen LogP contribution in [0, 0.1) is 5.82 Å². The van der Waals surface area contributed by atoms with E-state index in [2.05, 4.69) is 20.2 Å². The van der Waals surface area contributed by atoms with Crippen LogP contribution >= 0.6 is 11.8 Å². The Labute approximate surface area is 126 Å². The molecule has 0 bridgehead atoms. The predicted molar refractivity (Wildman–Crippen MR) is 80.7 cm³/mol. The van der Waals surface area contributed by atoms with E-state index in [0.29, 0.717) is 16.4 Å². The molecule has 0 aliphatic carbocycles. The molecule has 0 unspecified atom stereocenters. The standard InChI is InChI=1S/C14H16FN5S/c1-3-11-16-14(19-18-11)21-8-12-17-13-9(15)6-5-7-10(13)20(12)4-2/h5-7H,3-4,8H2,1-2H3,(H,16,18,19). The van der Waals surface area contributed by atoms with E-state index in [1.807, 2.05) is 24.5 Å². The van der Waals surface area contributed by atoms with Gasteiger partial charge in [-0.05, 0) is 19.1 Å². The van der Waals surface area contributed by atoms with Gasteiger partial charge in [-0.2, -0.15) is 0 Å². The normalized spacial score (nSPS) is 11.4. The monoisotopic (exact) mass is 305 g/mol. The van der Waals surface area contributed by atoms with Crippen molar-refractivity contribution in [3.05, 3.63) is 35.7 Å². The Morgan fingerprint density at radius 2 is 2.14 bits per heavy atom. The maximum absolute atomic E-state index is 13.8. The first kappa shape index (κ1) is 14.1. The summed E-state index contributed by atoms with van der Waals surface area (Å²) in [6.45, 7) is 4.81. The number of benzene rings is 1. The highest BCUT2D eigenvalue weighted by Crippen LogP contribution is 2.24. The van der Waals surface area contributed by atoms with E-state index >= 15 is 0 Å². The van der Waals surface area contributed by atoms with Crippen LogP contribution in [0.3, 0.4) is 0 Å². The molecule has 1 aromatic carbocycles. The molecule has 3 aromatic rings. The van der Waals surface area contributed by atoms with Crippen LogP contribution in [0.2, 0.25) is 0 Å². The minimum absolute atomic E-state index is 0.280. The Bertz CT molecular complexity index is 764. The second kappa shape index (κ2) is 5.85. The molecule has 0 atom stereocenters. The molecule has 7 heteroatoms. The van der Waals surface area contributed by atoms with Gasteiger partial charge in [0.1, 0.15) is 17.2 Å². The van der Waals surface area contributed by atoms with Crippen LogP contribution in [0.5, 0.6) is 0 Å². The minimum atomic E-state index is -0.280. The third kappa shape index (κ3) is 2.65. The maximum atomic E-state index is 13.8. The van der Waals surface area contributed by atoms with Crippen molar-refractivity contribution in [1.29, 1.82) is 0 Å². The molecular weight excluding hydrogens is 289 g/mol. The lowest BCUT2D eigenvalue weighted by Gasteiger charge is -2.04. The van der Waals surface area contributed by atoms with Crippen molar-refractivity contribution in [3.8, 4) is 0 Å². The van der Waals surface area contributed by atoms with Crippen LogP contribution in [-0.2, 0) is 18.7 Å². The van der Waals surface area contributed by atoms with Crippen LogP contribution in [0.1, 0.15) is 25.5 Å². The average Bonchev–Trinajstić information content (AvgIpc) is 3.09. The summed E-state index contributed by atoms with van der Waals surface area (Å²) in [7, 11) is 0. The van der Waals surface area contributed by atoms with E-state index in [4.69, 9.17) is 0 Å². The summed E-state index contributed by atoms with van der Waals surface area (Å²) in [5.41, 5.74) is 1.26. The molecule has 0 saturated heterocycles. The molecule has 2 aromatic heterocycles. The Hall–Kier alpha value is -1.89. The Kier molecular flexibility index (Phi) is 3.92. The molecule has 110 valence electrons. The van der Waals surface area contributed by atoms with Crippen molar-refractivity contribution in [1.82, 2.24) is 24.7 Å². The minimum Gasteiger partial charge on any atom is -0.327 e. The van der Waals surface area contributed by atoms with Crippen molar-refractivity contribution < 1.29 is 4.39 Å². The Morgan fingerprint density at radius 1 is 1.29 bits per heavy atom. The fraction of sp³-hybridized carbons (Fsp3) is 0.357. The molecule has 21 heavy (non-hydrogen) atoms. The van der Waals surface area contributed by atoms with E-state index in [9.17, 15) is 4.39 Å². The van der Waals surface area contributed by atoms with Crippen LogP contribution in [0.25, 0.3) is 11.0 Å². The van der Waals surface area contributed by atoms with Gasteiger partial charge in [-0.25, -0.2) is 14.4 Å². The number of hydrogen-bond donors (Lipinski definition) is 1. The molecule has 1 N–H and O–H groups in total. The summed E-state index contributed by atoms with van der Waals surface area (Å²) in [5, 5.41) is 7.73. The van der Waals surface area contributed by atoms with Crippen molar-refractivity contribution in [3.63, 3.8) is 0 Å². The number of rotatable bonds is 5. The van der Waals surface area contributed by atoms with E-state index in [1.54, 1.807) is 6.07 Å². The molecule has 0 radical (unpaired) electrons. The summed E-state index contributed by atoms with van der Waals surface area (Å²) < 4.78 is 15.8. The number of thioether (sulfide) groups is 1. The Balaban J connectivity index is 1.87. The SMILES string of the molecule is CCc1nc(SCc2nc3c(F)cccc3n2CC)n[nH]1.